The molecule has 3 aromatic rings. The van der Waals surface area contributed by atoms with Crippen LogP contribution in [0.4, 0.5) is 5.69 Å². The average molecular weight is 613 g/mol. The largest absolute Gasteiger partial charge is 0.485 e. The number of carbonyl (C=O) groups excluding carboxylic acids is 1. The smallest absolute Gasteiger partial charge is 0.267 e. The van der Waals surface area contributed by atoms with Crippen LogP contribution in [0.2, 0.25) is 25.7 Å². The van der Waals surface area contributed by atoms with Crippen molar-refractivity contribution in [2.45, 2.75) is 64.1 Å². The van der Waals surface area contributed by atoms with Crippen molar-refractivity contribution < 1.29 is 19.0 Å². The van der Waals surface area contributed by atoms with E-state index in [-0.39, 0.29) is 24.3 Å². The maximum atomic E-state index is 13.4. The highest BCUT2D eigenvalue weighted by molar-refractivity contribution is 6.76. The van der Waals surface area contributed by atoms with E-state index in [2.05, 4.69) is 97.2 Å². The summed E-state index contributed by atoms with van der Waals surface area (Å²) in [5.74, 6) is 2.14. The van der Waals surface area contributed by atoms with E-state index in [0.29, 0.717) is 19.0 Å². The molecule has 0 bridgehead atoms. The number of anilines is 1. The second-order valence-electron chi connectivity index (χ2n) is 13.7. The summed E-state index contributed by atoms with van der Waals surface area (Å²) in [5.41, 5.74) is 3.99. The summed E-state index contributed by atoms with van der Waals surface area (Å²) in [5, 5.41) is 6.09. The fourth-order valence-corrected chi connectivity index (χ4v) is 7.03. The number of rotatable bonds is 10. The van der Waals surface area contributed by atoms with Gasteiger partial charge in [0.1, 0.15) is 36.5 Å². The van der Waals surface area contributed by atoms with Crippen molar-refractivity contribution >= 4 is 25.5 Å². The van der Waals surface area contributed by atoms with Gasteiger partial charge in [0, 0.05) is 33.8 Å². The Bertz CT molecular complexity index is 1480. The number of hydrogen-bond acceptors (Lipinski definition) is 7. The number of benzene rings is 3. The molecule has 1 fully saturated rings. The highest BCUT2D eigenvalue weighted by Crippen LogP contribution is 2.43. The zero-order valence-corrected chi connectivity index (χ0v) is 27.7. The van der Waals surface area contributed by atoms with Crippen LogP contribution >= 0.6 is 0 Å². The molecular weight excluding hydrogens is 568 g/mol. The summed E-state index contributed by atoms with van der Waals surface area (Å²) in [6.07, 6.45) is 0. The van der Waals surface area contributed by atoms with E-state index in [1.165, 1.54) is 16.1 Å². The highest BCUT2D eigenvalue weighted by Gasteiger charge is 2.46. The summed E-state index contributed by atoms with van der Waals surface area (Å²) < 4.78 is 18.8. The molecule has 232 valence electrons. The van der Waals surface area contributed by atoms with Crippen LogP contribution in [0.15, 0.2) is 77.9 Å². The lowest BCUT2D eigenvalue weighted by Crippen LogP contribution is -2.64. The molecule has 0 aromatic heterocycles. The van der Waals surface area contributed by atoms with Crippen molar-refractivity contribution in [1.29, 1.82) is 0 Å². The van der Waals surface area contributed by atoms with Gasteiger partial charge in [0.05, 0.1) is 11.7 Å². The van der Waals surface area contributed by atoms with Gasteiger partial charge in [-0.15, -0.1) is 0 Å². The van der Waals surface area contributed by atoms with Gasteiger partial charge in [0.15, 0.2) is 5.84 Å². The number of likely N-dealkylation sites (tertiary alicyclic amines) is 1. The molecule has 8 nitrogen and oxygen atoms in total. The van der Waals surface area contributed by atoms with E-state index in [9.17, 15) is 4.79 Å². The SMILES string of the molecule is Cc1cc2c(cc1OC1(C)CN(C(c3ccccc3)c3ccccc3)C1)N1C(=NN(COCC[Si](C)(C)C)C(=O)C1C)CO2. The Labute approximate surface area is 262 Å². The number of nitrogens with zero attached hydrogens (tertiary/aromatic N) is 4. The van der Waals surface area contributed by atoms with Crippen LogP contribution in [-0.4, -0.2) is 74.4 Å². The zero-order chi connectivity index (χ0) is 31.1. The molecule has 3 aromatic carbocycles. The lowest BCUT2D eigenvalue weighted by atomic mass is 9.88. The van der Waals surface area contributed by atoms with Crippen LogP contribution in [0.25, 0.3) is 0 Å². The Morgan fingerprint density at radius 1 is 1.02 bits per heavy atom. The number of carbonyl (C=O) groups is 1. The molecule has 6 rings (SSSR count). The summed E-state index contributed by atoms with van der Waals surface area (Å²) in [6, 6.07) is 26.1. The number of amides is 1. The molecule has 0 aliphatic carbocycles. The van der Waals surface area contributed by atoms with Gasteiger partial charge in [0.2, 0.25) is 0 Å². The van der Waals surface area contributed by atoms with Gasteiger partial charge in [-0.25, -0.2) is 5.01 Å². The Morgan fingerprint density at radius 3 is 2.27 bits per heavy atom. The number of amidine groups is 1. The van der Waals surface area contributed by atoms with E-state index < -0.39 is 14.1 Å². The van der Waals surface area contributed by atoms with E-state index in [4.69, 9.17) is 14.2 Å². The lowest BCUT2D eigenvalue weighted by Gasteiger charge is -2.51. The fourth-order valence-electron chi connectivity index (χ4n) is 6.27. The molecule has 0 N–H and O–H groups in total. The molecule has 1 unspecified atom stereocenters. The van der Waals surface area contributed by atoms with E-state index >= 15 is 0 Å². The Hall–Kier alpha value is -3.66. The number of fused-ring (bicyclic) bond motifs is 3. The molecule has 0 radical (unpaired) electrons. The number of aryl methyl sites for hydroxylation is 1. The van der Waals surface area contributed by atoms with Gasteiger partial charge in [-0.2, -0.15) is 5.10 Å². The van der Waals surface area contributed by atoms with Crippen molar-refractivity contribution in [3.05, 3.63) is 89.5 Å². The van der Waals surface area contributed by atoms with Crippen molar-refractivity contribution in [2.24, 2.45) is 5.10 Å². The first kappa shape index (κ1) is 30.4. The predicted octanol–water partition coefficient (Wildman–Crippen LogP) is 6.29. The summed E-state index contributed by atoms with van der Waals surface area (Å²) in [7, 11) is -1.22. The monoisotopic (exact) mass is 612 g/mol. The average Bonchev–Trinajstić information content (AvgIpc) is 2.98. The third kappa shape index (κ3) is 6.27. The molecular formula is C35H44N4O4Si. The number of hydrazone groups is 1. The second-order valence-corrected chi connectivity index (χ2v) is 19.3. The van der Waals surface area contributed by atoms with Crippen LogP contribution in [0.5, 0.6) is 11.5 Å². The maximum absolute atomic E-state index is 13.4. The molecule has 3 aliphatic rings. The molecule has 1 amide bonds. The molecule has 3 aliphatic heterocycles. The summed E-state index contributed by atoms with van der Waals surface area (Å²) >= 11 is 0. The van der Waals surface area contributed by atoms with Crippen LogP contribution in [0, 0.1) is 6.92 Å². The first-order chi connectivity index (χ1) is 21.0. The zero-order valence-electron chi connectivity index (χ0n) is 26.7. The van der Waals surface area contributed by atoms with E-state index in [1.54, 1.807) is 0 Å². The highest BCUT2D eigenvalue weighted by atomic mass is 28.3. The van der Waals surface area contributed by atoms with Crippen LogP contribution in [0.3, 0.4) is 0 Å². The second kappa shape index (κ2) is 12.0. The number of hydrogen-bond donors (Lipinski definition) is 0. The van der Waals surface area contributed by atoms with Crippen molar-refractivity contribution in [1.82, 2.24) is 9.91 Å². The minimum atomic E-state index is -1.22. The fraction of sp³-hybridized carbons (Fsp3) is 0.429. The van der Waals surface area contributed by atoms with Gasteiger partial charge < -0.3 is 19.1 Å². The van der Waals surface area contributed by atoms with Crippen LogP contribution in [0.1, 0.15) is 36.6 Å². The Morgan fingerprint density at radius 2 is 1.66 bits per heavy atom. The Balaban J connectivity index is 1.18. The van der Waals surface area contributed by atoms with Crippen molar-refractivity contribution in [3.8, 4) is 11.5 Å². The molecule has 44 heavy (non-hydrogen) atoms. The molecule has 0 saturated carbocycles. The maximum Gasteiger partial charge on any atom is 0.267 e. The van der Waals surface area contributed by atoms with E-state index in [1.807, 2.05) is 30.9 Å². The summed E-state index contributed by atoms with van der Waals surface area (Å²) in [6.45, 7) is 15.7. The van der Waals surface area contributed by atoms with Crippen molar-refractivity contribution in [2.75, 3.05) is 37.9 Å². The third-order valence-corrected chi connectivity index (χ3v) is 10.3. The predicted molar refractivity (Wildman–Crippen MR) is 177 cm³/mol. The van der Waals surface area contributed by atoms with Gasteiger partial charge in [-0.05, 0) is 49.6 Å². The standard InChI is InChI=1S/C35H44N4O4Si/c1-25-19-31-29(39-26(2)34(40)38(36-32(39)21-42-31)24-41-17-18-44(4,5)6)20-30(25)43-35(3)22-37(23-35)33(27-13-9-7-10-14-27)28-15-11-8-12-16-28/h7-16,19-20,26,33H,17-18,21-24H2,1-6H3. The van der Waals surface area contributed by atoms with Gasteiger partial charge in [-0.3, -0.25) is 9.69 Å². The van der Waals surface area contributed by atoms with Gasteiger partial charge in [0.25, 0.3) is 5.91 Å². The van der Waals surface area contributed by atoms with Gasteiger partial charge in [-0.1, -0.05) is 80.3 Å². The third-order valence-electron chi connectivity index (χ3n) is 8.62. The normalized spacial score (nSPS) is 19.6. The first-order valence-electron chi connectivity index (χ1n) is 15.6. The minimum Gasteiger partial charge on any atom is -0.485 e. The molecule has 9 heteroatoms. The quantitative estimate of drug-likeness (QED) is 0.198. The van der Waals surface area contributed by atoms with Gasteiger partial charge >= 0.3 is 0 Å². The summed E-state index contributed by atoms with van der Waals surface area (Å²) in [4.78, 5) is 17.8. The Kier molecular flexibility index (Phi) is 8.30. The molecule has 1 atom stereocenters. The van der Waals surface area contributed by atoms with Crippen molar-refractivity contribution in [3.63, 3.8) is 0 Å². The number of ether oxygens (including phenoxy) is 3. The van der Waals surface area contributed by atoms with Crippen LogP contribution in [-0.2, 0) is 9.53 Å². The van der Waals surface area contributed by atoms with Crippen LogP contribution < -0.4 is 14.4 Å². The molecule has 1 saturated heterocycles. The van der Waals surface area contributed by atoms with E-state index in [0.717, 1.165) is 41.9 Å². The topological polar surface area (TPSA) is 66.8 Å². The minimum absolute atomic E-state index is 0.0906. The lowest BCUT2D eigenvalue weighted by molar-refractivity contribution is -0.138. The molecule has 3 heterocycles. The first-order valence-corrected chi connectivity index (χ1v) is 19.3. The molecule has 0 spiro atoms.